The van der Waals surface area contributed by atoms with Crippen molar-refractivity contribution in [3.8, 4) is 11.3 Å². The van der Waals surface area contributed by atoms with E-state index in [1.54, 1.807) is 36.3 Å². The first kappa shape index (κ1) is 16.4. The lowest BCUT2D eigenvalue weighted by molar-refractivity contribution is 0.576. The van der Waals surface area contributed by atoms with Gasteiger partial charge in [0.05, 0.1) is 23.7 Å². The largest absolute Gasteiger partial charge is 0.271 e. The van der Waals surface area contributed by atoms with Crippen molar-refractivity contribution in [2.24, 2.45) is 7.05 Å². The SMILES string of the molecule is Cn1nc(-c2cccnc2)cc1CNS(=O)(=O)Cc1ccccc1. The normalized spacial score (nSPS) is 11.5. The van der Waals surface area contributed by atoms with Crippen molar-refractivity contribution < 1.29 is 8.42 Å². The monoisotopic (exact) mass is 342 g/mol. The van der Waals surface area contributed by atoms with Crippen LogP contribution in [0, 0.1) is 0 Å². The molecule has 0 spiro atoms. The molecule has 0 amide bonds. The minimum absolute atomic E-state index is 0.0405. The quantitative estimate of drug-likeness (QED) is 0.744. The highest BCUT2D eigenvalue weighted by Crippen LogP contribution is 2.17. The molecule has 0 saturated carbocycles. The number of sulfonamides is 1. The third-order valence-corrected chi connectivity index (χ3v) is 4.90. The van der Waals surface area contributed by atoms with Crippen LogP contribution in [0.2, 0.25) is 0 Å². The molecular formula is C17H18N4O2S. The standard InChI is InChI=1S/C17H18N4O2S/c1-21-16(10-17(20-21)15-8-5-9-18-11-15)12-19-24(22,23)13-14-6-3-2-4-7-14/h2-11,19H,12-13H2,1H3. The summed E-state index contributed by atoms with van der Waals surface area (Å²) in [6, 6.07) is 14.7. The molecule has 2 heterocycles. The highest BCUT2D eigenvalue weighted by molar-refractivity contribution is 7.88. The number of nitrogens with zero attached hydrogens (tertiary/aromatic N) is 3. The average molecular weight is 342 g/mol. The van der Waals surface area contributed by atoms with Gasteiger partial charge in [0.1, 0.15) is 0 Å². The van der Waals surface area contributed by atoms with Crippen LogP contribution < -0.4 is 4.72 Å². The fourth-order valence-corrected chi connectivity index (χ4v) is 3.46. The van der Waals surface area contributed by atoms with Gasteiger partial charge in [0.25, 0.3) is 0 Å². The molecule has 124 valence electrons. The van der Waals surface area contributed by atoms with E-state index in [0.29, 0.717) is 0 Å². The number of benzene rings is 1. The molecular weight excluding hydrogens is 324 g/mol. The van der Waals surface area contributed by atoms with Gasteiger partial charge in [0, 0.05) is 25.0 Å². The zero-order chi connectivity index (χ0) is 17.0. The molecule has 3 rings (SSSR count). The zero-order valence-electron chi connectivity index (χ0n) is 13.3. The van der Waals surface area contributed by atoms with Crippen molar-refractivity contribution in [1.82, 2.24) is 19.5 Å². The van der Waals surface area contributed by atoms with Gasteiger partial charge in [-0.2, -0.15) is 5.10 Å². The van der Waals surface area contributed by atoms with Crippen LogP contribution >= 0.6 is 0 Å². The number of hydrogen-bond donors (Lipinski definition) is 1. The third kappa shape index (κ3) is 4.06. The molecule has 0 aliphatic heterocycles. The van der Waals surface area contributed by atoms with Crippen LogP contribution in [0.15, 0.2) is 60.9 Å². The summed E-state index contributed by atoms with van der Waals surface area (Å²) in [4.78, 5) is 4.07. The Labute approximate surface area is 141 Å². The minimum atomic E-state index is -3.41. The van der Waals surface area contributed by atoms with E-state index in [0.717, 1.165) is 22.5 Å². The summed E-state index contributed by atoms with van der Waals surface area (Å²) < 4.78 is 28.7. The van der Waals surface area contributed by atoms with Gasteiger partial charge in [-0.3, -0.25) is 9.67 Å². The van der Waals surface area contributed by atoms with Crippen molar-refractivity contribution in [2.75, 3.05) is 0 Å². The lowest BCUT2D eigenvalue weighted by atomic mass is 10.2. The van der Waals surface area contributed by atoms with Crippen molar-refractivity contribution in [3.05, 3.63) is 72.2 Å². The Bertz CT molecular complexity index is 906. The lowest BCUT2D eigenvalue weighted by Gasteiger charge is -2.07. The highest BCUT2D eigenvalue weighted by Gasteiger charge is 2.13. The van der Waals surface area contributed by atoms with E-state index in [9.17, 15) is 8.42 Å². The topological polar surface area (TPSA) is 76.9 Å². The van der Waals surface area contributed by atoms with E-state index in [4.69, 9.17) is 0 Å². The van der Waals surface area contributed by atoms with Crippen molar-refractivity contribution >= 4 is 10.0 Å². The Kier molecular flexibility index (Phi) is 4.73. The summed E-state index contributed by atoms with van der Waals surface area (Å²) >= 11 is 0. The Morgan fingerprint density at radius 3 is 2.62 bits per heavy atom. The molecule has 0 radical (unpaired) electrons. The molecule has 3 aromatic rings. The van der Waals surface area contributed by atoms with E-state index in [-0.39, 0.29) is 12.3 Å². The molecule has 0 aliphatic rings. The maximum absolute atomic E-state index is 12.2. The van der Waals surface area contributed by atoms with Crippen LogP contribution in [0.4, 0.5) is 0 Å². The first-order chi connectivity index (χ1) is 11.5. The Morgan fingerprint density at radius 1 is 1.12 bits per heavy atom. The predicted octanol–water partition coefficient (Wildman–Crippen LogP) is 2.10. The van der Waals surface area contributed by atoms with Gasteiger partial charge in [-0.05, 0) is 23.8 Å². The average Bonchev–Trinajstić information content (AvgIpc) is 2.95. The molecule has 0 atom stereocenters. The smallest absolute Gasteiger partial charge is 0.216 e. The number of nitrogens with one attached hydrogen (secondary N) is 1. The third-order valence-electron chi connectivity index (χ3n) is 3.61. The zero-order valence-corrected chi connectivity index (χ0v) is 14.1. The van der Waals surface area contributed by atoms with Gasteiger partial charge in [0.2, 0.25) is 10.0 Å². The number of hydrogen-bond acceptors (Lipinski definition) is 4. The Balaban J connectivity index is 1.69. The molecule has 24 heavy (non-hydrogen) atoms. The van der Waals surface area contributed by atoms with Gasteiger partial charge in [0.15, 0.2) is 0 Å². The van der Waals surface area contributed by atoms with E-state index < -0.39 is 10.0 Å². The molecule has 0 saturated heterocycles. The summed E-state index contributed by atoms with van der Waals surface area (Å²) in [6.07, 6.45) is 3.43. The van der Waals surface area contributed by atoms with E-state index in [1.807, 2.05) is 36.4 Å². The van der Waals surface area contributed by atoms with Crippen LogP contribution in [-0.2, 0) is 29.4 Å². The second kappa shape index (κ2) is 6.94. The van der Waals surface area contributed by atoms with E-state index in [2.05, 4.69) is 14.8 Å². The van der Waals surface area contributed by atoms with E-state index in [1.165, 1.54) is 0 Å². The molecule has 6 nitrogen and oxygen atoms in total. The summed E-state index contributed by atoms with van der Waals surface area (Å²) in [7, 11) is -1.62. The van der Waals surface area contributed by atoms with Gasteiger partial charge in [-0.15, -0.1) is 0 Å². The molecule has 0 bridgehead atoms. The molecule has 0 aliphatic carbocycles. The summed E-state index contributed by atoms with van der Waals surface area (Å²) in [5, 5.41) is 4.41. The predicted molar refractivity (Wildman–Crippen MR) is 92.3 cm³/mol. The van der Waals surface area contributed by atoms with Crippen molar-refractivity contribution in [2.45, 2.75) is 12.3 Å². The van der Waals surface area contributed by atoms with Gasteiger partial charge in [-0.1, -0.05) is 30.3 Å². The maximum atomic E-state index is 12.2. The van der Waals surface area contributed by atoms with Gasteiger partial charge >= 0.3 is 0 Å². The molecule has 2 aromatic heterocycles. The van der Waals surface area contributed by atoms with Crippen molar-refractivity contribution in [3.63, 3.8) is 0 Å². The van der Waals surface area contributed by atoms with Gasteiger partial charge < -0.3 is 0 Å². The number of aryl methyl sites for hydroxylation is 1. The van der Waals surface area contributed by atoms with Crippen LogP contribution in [0.5, 0.6) is 0 Å². The number of pyridine rings is 1. The summed E-state index contributed by atoms with van der Waals surface area (Å²) in [6.45, 7) is 0.193. The minimum Gasteiger partial charge on any atom is -0.271 e. The lowest BCUT2D eigenvalue weighted by Crippen LogP contribution is -2.25. The fourth-order valence-electron chi connectivity index (χ4n) is 2.36. The summed E-state index contributed by atoms with van der Waals surface area (Å²) in [5.74, 6) is -0.0405. The Morgan fingerprint density at radius 2 is 1.92 bits per heavy atom. The molecule has 0 fully saturated rings. The second-order valence-corrected chi connectivity index (χ2v) is 7.26. The van der Waals surface area contributed by atoms with Crippen LogP contribution in [0.3, 0.4) is 0 Å². The first-order valence-corrected chi connectivity index (χ1v) is 9.13. The fraction of sp³-hybridized carbons (Fsp3) is 0.176. The first-order valence-electron chi connectivity index (χ1n) is 7.48. The maximum Gasteiger partial charge on any atom is 0.216 e. The van der Waals surface area contributed by atoms with Crippen LogP contribution in [0.25, 0.3) is 11.3 Å². The summed E-state index contributed by atoms with van der Waals surface area (Å²) in [5.41, 5.74) is 3.20. The molecule has 1 aromatic carbocycles. The Hall–Kier alpha value is -2.51. The number of aromatic nitrogens is 3. The van der Waals surface area contributed by atoms with E-state index >= 15 is 0 Å². The molecule has 0 unspecified atom stereocenters. The van der Waals surface area contributed by atoms with Crippen LogP contribution in [0.1, 0.15) is 11.3 Å². The number of rotatable bonds is 6. The van der Waals surface area contributed by atoms with Gasteiger partial charge in [-0.25, -0.2) is 13.1 Å². The van der Waals surface area contributed by atoms with Crippen molar-refractivity contribution in [1.29, 1.82) is 0 Å². The highest BCUT2D eigenvalue weighted by atomic mass is 32.2. The molecule has 1 N–H and O–H groups in total. The van der Waals surface area contributed by atoms with Crippen LogP contribution in [-0.4, -0.2) is 23.2 Å². The molecule has 7 heteroatoms. The second-order valence-electron chi connectivity index (χ2n) is 5.45.